The van der Waals surface area contributed by atoms with Gasteiger partial charge in [-0.15, -0.1) is 5.10 Å². The lowest BCUT2D eigenvalue weighted by Gasteiger charge is -2.13. The third-order valence-corrected chi connectivity index (χ3v) is 4.05. The normalized spacial score (nSPS) is 13.8. The summed E-state index contributed by atoms with van der Waals surface area (Å²) in [7, 11) is 0. The number of aromatic nitrogens is 3. The molecule has 6 heteroatoms. The molecule has 1 aliphatic rings. The van der Waals surface area contributed by atoms with E-state index in [9.17, 15) is 4.39 Å². The number of hydrogen-bond donors (Lipinski definition) is 1. The molecule has 0 aliphatic carbocycles. The molecule has 3 heterocycles. The molecule has 1 aliphatic heterocycles. The van der Waals surface area contributed by atoms with E-state index in [0.29, 0.717) is 5.82 Å². The summed E-state index contributed by atoms with van der Waals surface area (Å²) < 4.78 is 15.1. The second kappa shape index (κ2) is 5.56. The van der Waals surface area contributed by atoms with Crippen molar-refractivity contribution in [2.45, 2.75) is 6.92 Å². The van der Waals surface area contributed by atoms with Gasteiger partial charge in [0.2, 0.25) is 0 Å². The van der Waals surface area contributed by atoms with E-state index in [2.05, 4.69) is 27.0 Å². The van der Waals surface area contributed by atoms with Crippen molar-refractivity contribution >= 4 is 17.6 Å². The lowest BCUT2D eigenvalue weighted by molar-refractivity contribution is 0.628. The van der Waals surface area contributed by atoms with E-state index >= 15 is 0 Å². The number of aliphatic imine (C=N–C) groups is 1. The lowest BCUT2D eigenvalue weighted by atomic mass is 9.99. The Morgan fingerprint density at radius 2 is 2.08 bits per heavy atom. The molecule has 0 unspecified atom stereocenters. The SMILES string of the molecule is C=Cc1nc2c(C3=NCCN3)c(-c3ccc(F)cc3)cc(C)n2n1. The highest BCUT2D eigenvalue weighted by molar-refractivity contribution is 6.10. The number of rotatable bonds is 3. The Balaban J connectivity index is 2.06. The number of pyridine rings is 1. The van der Waals surface area contributed by atoms with Gasteiger partial charge in [-0.25, -0.2) is 13.9 Å². The van der Waals surface area contributed by atoms with Gasteiger partial charge in [-0.1, -0.05) is 18.7 Å². The van der Waals surface area contributed by atoms with Crippen LogP contribution in [0.25, 0.3) is 22.9 Å². The van der Waals surface area contributed by atoms with Crippen molar-refractivity contribution in [3.05, 3.63) is 59.8 Å². The monoisotopic (exact) mass is 321 g/mol. The van der Waals surface area contributed by atoms with Crippen molar-refractivity contribution in [2.75, 3.05) is 13.1 Å². The van der Waals surface area contributed by atoms with Crippen molar-refractivity contribution in [1.82, 2.24) is 19.9 Å². The summed E-state index contributed by atoms with van der Waals surface area (Å²) in [6.45, 7) is 7.23. The van der Waals surface area contributed by atoms with Crippen LogP contribution in [0.2, 0.25) is 0 Å². The summed E-state index contributed by atoms with van der Waals surface area (Å²) in [4.78, 5) is 9.13. The molecule has 3 aromatic rings. The zero-order chi connectivity index (χ0) is 16.7. The van der Waals surface area contributed by atoms with Crippen molar-refractivity contribution in [3.8, 4) is 11.1 Å². The lowest BCUT2D eigenvalue weighted by Crippen LogP contribution is -2.21. The van der Waals surface area contributed by atoms with E-state index in [1.807, 2.05) is 13.0 Å². The number of nitrogens with zero attached hydrogens (tertiary/aromatic N) is 4. The summed E-state index contributed by atoms with van der Waals surface area (Å²) in [5, 5.41) is 7.76. The number of halogens is 1. The van der Waals surface area contributed by atoms with Gasteiger partial charge in [0, 0.05) is 12.2 Å². The van der Waals surface area contributed by atoms with Crippen molar-refractivity contribution in [3.63, 3.8) is 0 Å². The van der Waals surface area contributed by atoms with Crippen LogP contribution in [0.5, 0.6) is 0 Å². The maximum atomic E-state index is 13.3. The average molecular weight is 321 g/mol. The Bertz CT molecular complexity index is 969. The van der Waals surface area contributed by atoms with Crippen LogP contribution in [-0.4, -0.2) is 33.5 Å². The fourth-order valence-electron chi connectivity index (χ4n) is 2.94. The molecule has 0 atom stereocenters. The summed E-state index contributed by atoms with van der Waals surface area (Å²) in [5.74, 6) is 1.10. The minimum Gasteiger partial charge on any atom is -0.368 e. The van der Waals surface area contributed by atoms with E-state index < -0.39 is 0 Å². The Labute approximate surface area is 138 Å². The molecule has 24 heavy (non-hydrogen) atoms. The van der Waals surface area contributed by atoms with Crippen molar-refractivity contribution in [1.29, 1.82) is 0 Å². The van der Waals surface area contributed by atoms with Gasteiger partial charge in [0.25, 0.3) is 0 Å². The van der Waals surface area contributed by atoms with E-state index in [0.717, 1.165) is 47.0 Å². The first-order valence-electron chi connectivity index (χ1n) is 7.75. The van der Waals surface area contributed by atoms with E-state index in [1.165, 1.54) is 12.1 Å². The molecule has 0 bridgehead atoms. The fourth-order valence-corrected chi connectivity index (χ4v) is 2.94. The first kappa shape index (κ1) is 14.6. The average Bonchev–Trinajstić information content (AvgIpc) is 3.25. The molecule has 5 nitrogen and oxygen atoms in total. The summed E-state index contributed by atoms with van der Waals surface area (Å²) in [5.41, 5.74) is 4.41. The number of fused-ring (bicyclic) bond motifs is 1. The highest BCUT2D eigenvalue weighted by Gasteiger charge is 2.21. The second-order valence-corrected chi connectivity index (χ2v) is 5.65. The molecular weight excluding hydrogens is 305 g/mol. The molecule has 0 saturated heterocycles. The Kier molecular flexibility index (Phi) is 3.37. The van der Waals surface area contributed by atoms with E-state index in [-0.39, 0.29) is 5.82 Å². The number of aryl methyl sites for hydroxylation is 1. The molecule has 120 valence electrons. The highest BCUT2D eigenvalue weighted by Crippen LogP contribution is 2.29. The van der Waals surface area contributed by atoms with Gasteiger partial charge in [-0.05, 0) is 42.3 Å². The summed E-state index contributed by atoms with van der Waals surface area (Å²) in [6.07, 6.45) is 1.62. The molecule has 0 fully saturated rings. The van der Waals surface area contributed by atoms with E-state index in [1.54, 1.807) is 22.7 Å². The summed E-state index contributed by atoms with van der Waals surface area (Å²) >= 11 is 0. The van der Waals surface area contributed by atoms with Crippen molar-refractivity contribution < 1.29 is 4.39 Å². The maximum Gasteiger partial charge on any atom is 0.174 e. The number of hydrogen-bond acceptors (Lipinski definition) is 4. The molecule has 0 spiro atoms. The molecule has 2 aromatic heterocycles. The van der Waals surface area contributed by atoms with Gasteiger partial charge < -0.3 is 5.32 Å². The highest BCUT2D eigenvalue weighted by atomic mass is 19.1. The Morgan fingerprint density at radius 1 is 1.29 bits per heavy atom. The number of benzene rings is 1. The van der Waals surface area contributed by atoms with Gasteiger partial charge in [0.15, 0.2) is 11.5 Å². The third kappa shape index (κ3) is 2.27. The third-order valence-electron chi connectivity index (χ3n) is 4.05. The van der Waals surface area contributed by atoms with Gasteiger partial charge >= 0.3 is 0 Å². The minimum absolute atomic E-state index is 0.258. The molecule has 4 rings (SSSR count). The van der Waals surface area contributed by atoms with Gasteiger partial charge in [-0.2, -0.15) is 0 Å². The van der Waals surface area contributed by atoms with Crippen LogP contribution < -0.4 is 5.32 Å². The van der Waals surface area contributed by atoms with Gasteiger partial charge in [0.05, 0.1) is 12.1 Å². The number of amidine groups is 1. The van der Waals surface area contributed by atoms with Gasteiger partial charge in [-0.3, -0.25) is 4.99 Å². The van der Waals surface area contributed by atoms with Crippen LogP contribution in [0, 0.1) is 12.7 Å². The van der Waals surface area contributed by atoms with Crippen LogP contribution in [-0.2, 0) is 0 Å². The summed E-state index contributed by atoms with van der Waals surface area (Å²) in [6, 6.07) is 8.48. The smallest absolute Gasteiger partial charge is 0.174 e. The standard InChI is InChI=1S/C18H16FN5/c1-3-15-22-18-16(17-20-8-9-21-17)14(10-11(2)24(18)23-15)12-4-6-13(19)7-5-12/h3-7,10H,1,8-9H2,2H3,(H,20,21). The Hall–Kier alpha value is -3.02. The largest absolute Gasteiger partial charge is 0.368 e. The topological polar surface area (TPSA) is 54.6 Å². The quantitative estimate of drug-likeness (QED) is 0.807. The molecule has 0 radical (unpaired) electrons. The molecule has 1 N–H and O–H groups in total. The first-order valence-corrected chi connectivity index (χ1v) is 7.75. The zero-order valence-corrected chi connectivity index (χ0v) is 13.3. The van der Waals surface area contributed by atoms with Crippen LogP contribution in [0.15, 0.2) is 41.9 Å². The number of nitrogens with one attached hydrogen (secondary N) is 1. The van der Waals surface area contributed by atoms with Crippen molar-refractivity contribution in [2.24, 2.45) is 4.99 Å². The van der Waals surface area contributed by atoms with Crippen LogP contribution >= 0.6 is 0 Å². The predicted octanol–water partition coefficient (Wildman–Crippen LogP) is 2.84. The zero-order valence-electron chi connectivity index (χ0n) is 13.3. The predicted molar refractivity (Wildman–Crippen MR) is 92.6 cm³/mol. The van der Waals surface area contributed by atoms with Gasteiger partial charge in [0.1, 0.15) is 11.7 Å². The van der Waals surface area contributed by atoms with Crippen LogP contribution in [0.3, 0.4) is 0 Å². The maximum absolute atomic E-state index is 13.3. The van der Waals surface area contributed by atoms with Crippen LogP contribution in [0.1, 0.15) is 17.1 Å². The molecule has 1 aromatic carbocycles. The molecule has 0 amide bonds. The van der Waals surface area contributed by atoms with E-state index in [4.69, 9.17) is 0 Å². The minimum atomic E-state index is -0.258. The second-order valence-electron chi connectivity index (χ2n) is 5.65. The first-order chi connectivity index (χ1) is 11.7. The Morgan fingerprint density at radius 3 is 2.75 bits per heavy atom. The molecular formula is C18H16FN5. The molecule has 0 saturated carbocycles. The van der Waals surface area contributed by atoms with Crippen LogP contribution in [0.4, 0.5) is 4.39 Å². The fraction of sp³-hybridized carbons (Fsp3) is 0.167.